The molecule has 1 aliphatic heterocycles. The van der Waals surface area contributed by atoms with Gasteiger partial charge in [-0.05, 0) is 36.5 Å². The number of hydrogen-bond acceptors (Lipinski definition) is 3. The number of hydrogen-bond donors (Lipinski definition) is 2. The number of ether oxygens (including phenoxy) is 2. The largest absolute Gasteiger partial charge is 0.486 e. The second-order valence-electron chi connectivity index (χ2n) is 5.73. The summed E-state index contributed by atoms with van der Waals surface area (Å²) < 4.78 is 11.1. The molecule has 0 saturated heterocycles. The third kappa shape index (κ3) is 6.63. The molecule has 5 nitrogen and oxygen atoms in total. The molecule has 0 unspecified atom stereocenters. The fraction of sp³-hybridized carbons (Fsp3) is 0.562. The zero-order valence-corrected chi connectivity index (χ0v) is 16.7. The van der Waals surface area contributed by atoms with Gasteiger partial charge in [0.1, 0.15) is 13.2 Å². The first-order chi connectivity index (χ1) is 10.6. The molecule has 0 atom stereocenters. The van der Waals surface area contributed by atoms with Gasteiger partial charge < -0.3 is 20.5 Å². The van der Waals surface area contributed by atoms with Gasteiger partial charge >= 0.3 is 0 Å². The van der Waals surface area contributed by atoms with Crippen LogP contribution < -0.4 is 20.5 Å². The minimum Gasteiger partial charge on any atom is -0.486 e. The third-order valence-electron chi connectivity index (χ3n) is 3.37. The van der Waals surface area contributed by atoms with E-state index in [1.54, 1.807) is 0 Å². The number of nitrogens with two attached hydrogens (primary N) is 1. The zero-order valence-electron chi connectivity index (χ0n) is 13.6. The van der Waals surface area contributed by atoms with E-state index in [4.69, 9.17) is 26.8 Å². The molecule has 1 aromatic carbocycles. The topological polar surface area (TPSA) is 68.9 Å². The molecule has 1 aliphatic rings. The monoisotopic (exact) mass is 453 g/mol. The number of nitrogens with zero attached hydrogens (tertiary/aromatic N) is 1. The molecule has 0 saturated carbocycles. The van der Waals surface area contributed by atoms with E-state index in [0.29, 0.717) is 48.2 Å². The molecular weight excluding hydrogens is 429 g/mol. The molecule has 23 heavy (non-hydrogen) atoms. The fourth-order valence-corrected chi connectivity index (χ4v) is 2.43. The summed E-state index contributed by atoms with van der Waals surface area (Å²) in [5.74, 6) is 2.48. The highest BCUT2D eigenvalue weighted by atomic mass is 127. The first-order valence-corrected chi connectivity index (χ1v) is 8.06. The minimum atomic E-state index is 0. The molecule has 7 heteroatoms. The Morgan fingerprint density at radius 1 is 1.35 bits per heavy atom. The molecule has 1 aromatic rings. The Bertz CT molecular complexity index is 538. The lowest BCUT2D eigenvalue weighted by Crippen LogP contribution is -2.33. The van der Waals surface area contributed by atoms with Crippen LogP contribution in [0.4, 0.5) is 0 Å². The van der Waals surface area contributed by atoms with Crippen molar-refractivity contribution in [1.29, 1.82) is 0 Å². The maximum Gasteiger partial charge on any atom is 0.188 e. The summed E-state index contributed by atoms with van der Waals surface area (Å²) in [5, 5.41) is 3.71. The average molecular weight is 454 g/mol. The summed E-state index contributed by atoms with van der Waals surface area (Å²) >= 11 is 6.21. The van der Waals surface area contributed by atoms with Crippen LogP contribution in [-0.4, -0.2) is 32.3 Å². The lowest BCUT2D eigenvalue weighted by Gasteiger charge is -2.20. The SMILES string of the molecule is CC(C)CCN=C(N)NCCc1cc(Cl)c2c(c1)OCCO2.I. The van der Waals surface area contributed by atoms with E-state index in [1.807, 2.05) is 12.1 Å². The smallest absolute Gasteiger partial charge is 0.188 e. The van der Waals surface area contributed by atoms with Crippen molar-refractivity contribution in [1.82, 2.24) is 5.32 Å². The molecule has 0 radical (unpaired) electrons. The highest BCUT2D eigenvalue weighted by molar-refractivity contribution is 14.0. The fourth-order valence-electron chi connectivity index (χ4n) is 2.14. The summed E-state index contributed by atoms with van der Waals surface area (Å²) in [7, 11) is 0. The second kappa shape index (κ2) is 10.1. The summed E-state index contributed by atoms with van der Waals surface area (Å²) in [5.41, 5.74) is 6.91. The standard InChI is InChI=1S/C16H24ClN3O2.HI/c1-11(2)3-5-19-16(18)20-6-4-12-9-13(17)15-14(10-12)21-7-8-22-15;/h9-11H,3-8H2,1-2H3,(H3,18,19,20);1H. The van der Waals surface area contributed by atoms with Crippen LogP contribution in [0.2, 0.25) is 5.02 Å². The summed E-state index contributed by atoms with van der Waals surface area (Å²) in [4.78, 5) is 4.30. The van der Waals surface area contributed by atoms with Crippen molar-refractivity contribution < 1.29 is 9.47 Å². The van der Waals surface area contributed by atoms with Gasteiger partial charge in [-0.15, -0.1) is 24.0 Å². The van der Waals surface area contributed by atoms with Gasteiger partial charge in [0.15, 0.2) is 17.5 Å². The first kappa shape index (κ1) is 20.2. The zero-order chi connectivity index (χ0) is 15.9. The van der Waals surface area contributed by atoms with Gasteiger partial charge in [-0.2, -0.15) is 0 Å². The molecule has 3 N–H and O–H groups in total. The molecule has 2 rings (SSSR count). The predicted octanol–water partition coefficient (Wildman–Crippen LogP) is 3.22. The van der Waals surface area contributed by atoms with Crippen LogP contribution in [-0.2, 0) is 6.42 Å². The summed E-state index contributed by atoms with van der Waals surface area (Å²) in [6, 6.07) is 3.87. The van der Waals surface area contributed by atoms with Crippen molar-refractivity contribution in [2.75, 3.05) is 26.3 Å². The van der Waals surface area contributed by atoms with E-state index < -0.39 is 0 Å². The van der Waals surface area contributed by atoms with Gasteiger partial charge in [0.2, 0.25) is 0 Å². The molecule has 0 spiro atoms. The number of nitrogens with one attached hydrogen (secondary N) is 1. The number of benzene rings is 1. The van der Waals surface area contributed by atoms with Gasteiger partial charge in [0, 0.05) is 13.1 Å². The quantitative estimate of drug-likeness (QED) is 0.394. The molecule has 0 fully saturated rings. The van der Waals surface area contributed by atoms with E-state index in [0.717, 1.165) is 24.9 Å². The molecule has 130 valence electrons. The van der Waals surface area contributed by atoms with Gasteiger partial charge in [-0.25, -0.2) is 0 Å². The predicted molar refractivity (Wildman–Crippen MR) is 106 cm³/mol. The Morgan fingerprint density at radius 2 is 2.09 bits per heavy atom. The van der Waals surface area contributed by atoms with Gasteiger partial charge in [0.25, 0.3) is 0 Å². The maximum absolute atomic E-state index is 6.21. The van der Waals surface area contributed by atoms with Crippen LogP contribution in [0.3, 0.4) is 0 Å². The van der Waals surface area contributed by atoms with Crippen molar-refractivity contribution in [3.05, 3.63) is 22.7 Å². The molecule has 0 aliphatic carbocycles. The normalized spacial score (nSPS) is 13.7. The van der Waals surface area contributed by atoms with Gasteiger partial charge in [-0.1, -0.05) is 25.4 Å². The van der Waals surface area contributed by atoms with Crippen LogP contribution in [0.5, 0.6) is 11.5 Å². The van der Waals surface area contributed by atoms with E-state index in [1.165, 1.54) is 0 Å². The van der Waals surface area contributed by atoms with Crippen LogP contribution >= 0.6 is 35.6 Å². The van der Waals surface area contributed by atoms with Crippen LogP contribution in [0, 0.1) is 5.92 Å². The number of guanidine groups is 1. The second-order valence-corrected chi connectivity index (χ2v) is 6.14. The third-order valence-corrected chi connectivity index (χ3v) is 3.65. The van der Waals surface area contributed by atoms with Crippen molar-refractivity contribution in [3.63, 3.8) is 0 Å². The van der Waals surface area contributed by atoms with Crippen molar-refractivity contribution in [3.8, 4) is 11.5 Å². The number of aliphatic imine (C=N–C) groups is 1. The highest BCUT2D eigenvalue weighted by Gasteiger charge is 2.16. The Balaban J connectivity index is 0.00000264. The van der Waals surface area contributed by atoms with Crippen molar-refractivity contribution >= 4 is 41.5 Å². The molecular formula is C16H25ClIN3O2. The van der Waals surface area contributed by atoms with Crippen molar-refractivity contribution in [2.45, 2.75) is 26.7 Å². The molecule has 0 bridgehead atoms. The van der Waals surface area contributed by atoms with E-state index in [9.17, 15) is 0 Å². The average Bonchev–Trinajstić information content (AvgIpc) is 2.47. The Kier molecular flexibility index (Phi) is 8.83. The molecule has 0 amide bonds. The van der Waals surface area contributed by atoms with Crippen LogP contribution in [0.1, 0.15) is 25.8 Å². The van der Waals surface area contributed by atoms with Gasteiger partial charge in [0.05, 0.1) is 5.02 Å². The van der Waals surface area contributed by atoms with E-state index >= 15 is 0 Å². The minimum absolute atomic E-state index is 0. The summed E-state index contributed by atoms with van der Waals surface area (Å²) in [6.45, 7) is 6.90. The maximum atomic E-state index is 6.21. The van der Waals surface area contributed by atoms with E-state index in [2.05, 4.69) is 24.2 Å². The highest BCUT2D eigenvalue weighted by Crippen LogP contribution is 2.38. The van der Waals surface area contributed by atoms with Crippen LogP contribution in [0.25, 0.3) is 0 Å². The first-order valence-electron chi connectivity index (χ1n) is 7.68. The van der Waals surface area contributed by atoms with Gasteiger partial charge in [-0.3, -0.25) is 4.99 Å². The van der Waals surface area contributed by atoms with Crippen LogP contribution in [0.15, 0.2) is 17.1 Å². The van der Waals surface area contributed by atoms with E-state index in [-0.39, 0.29) is 24.0 Å². The lowest BCUT2D eigenvalue weighted by molar-refractivity contribution is 0.171. The number of fused-ring (bicyclic) bond motifs is 1. The van der Waals surface area contributed by atoms with Crippen molar-refractivity contribution in [2.24, 2.45) is 16.6 Å². The summed E-state index contributed by atoms with van der Waals surface area (Å²) in [6.07, 6.45) is 1.83. The Hall–Kier alpha value is -0.890. The lowest BCUT2D eigenvalue weighted by atomic mass is 10.1. The number of halogens is 2. The Morgan fingerprint density at radius 3 is 2.83 bits per heavy atom. The number of rotatable bonds is 6. The molecule has 1 heterocycles. The Labute approximate surface area is 160 Å². The molecule has 0 aromatic heterocycles.